The number of benzene rings is 2. The first-order chi connectivity index (χ1) is 12.5. The molecule has 3 nitrogen and oxygen atoms in total. The lowest BCUT2D eigenvalue weighted by Crippen LogP contribution is -2.30. The number of thioether (sulfide) groups is 1. The third-order valence-corrected chi connectivity index (χ3v) is 6.86. The van der Waals surface area contributed by atoms with Crippen LogP contribution in [0.3, 0.4) is 0 Å². The van der Waals surface area contributed by atoms with Crippen molar-refractivity contribution in [2.75, 3.05) is 12.9 Å². The maximum Gasteiger partial charge on any atom is 0.310 e. The van der Waals surface area contributed by atoms with Gasteiger partial charge in [-0.2, -0.15) is 0 Å². The molecule has 6 heteroatoms. The Labute approximate surface area is 166 Å². The number of aromatic nitrogens is 1. The number of halogens is 2. The highest BCUT2D eigenvalue weighted by atomic mass is 35.5. The summed E-state index contributed by atoms with van der Waals surface area (Å²) in [5.74, 6) is -0.0448. The normalized spacial score (nSPS) is 19.4. The summed E-state index contributed by atoms with van der Waals surface area (Å²) in [5.41, 5.74) is 3.19. The Morgan fingerprint density at radius 1 is 1.23 bits per heavy atom. The first-order valence-electron chi connectivity index (χ1n) is 8.25. The minimum atomic E-state index is -0.304. The summed E-state index contributed by atoms with van der Waals surface area (Å²) in [5, 5.41) is 3.46. The summed E-state index contributed by atoms with van der Waals surface area (Å²) < 4.78 is 7.30. The molecule has 1 aliphatic heterocycles. The van der Waals surface area contributed by atoms with Crippen molar-refractivity contribution in [2.45, 2.75) is 10.9 Å². The molecule has 0 radical (unpaired) electrons. The van der Waals surface area contributed by atoms with Gasteiger partial charge in [0.25, 0.3) is 0 Å². The molecule has 3 aromatic rings. The van der Waals surface area contributed by atoms with Gasteiger partial charge < -0.3 is 9.30 Å². The number of aryl methyl sites for hydroxylation is 1. The third-order valence-electron chi connectivity index (χ3n) is 5.01. The maximum atomic E-state index is 12.6. The number of esters is 1. The van der Waals surface area contributed by atoms with Crippen molar-refractivity contribution in [1.82, 2.24) is 4.57 Å². The molecule has 0 amide bonds. The second-order valence-corrected chi connectivity index (χ2v) is 8.23. The van der Waals surface area contributed by atoms with E-state index in [1.807, 2.05) is 24.3 Å². The minimum absolute atomic E-state index is 0.172. The molecule has 0 N–H and O–H groups in total. The van der Waals surface area contributed by atoms with Gasteiger partial charge in [-0.05, 0) is 23.8 Å². The Morgan fingerprint density at radius 2 is 2.00 bits per heavy atom. The SMILES string of the molecule is COC(=O)[C@H]1CSc2c(c3ccccc3n2C)[C@@H]1c1ccc(Cl)cc1Cl. The maximum absolute atomic E-state index is 12.6. The number of nitrogens with zero attached hydrogens (tertiary/aromatic N) is 1. The van der Waals surface area contributed by atoms with E-state index in [1.165, 1.54) is 12.1 Å². The molecule has 4 rings (SSSR count). The van der Waals surface area contributed by atoms with E-state index in [4.69, 9.17) is 27.9 Å². The van der Waals surface area contributed by atoms with Crippen LogP contribution < -0.4 is 0 Å². The van der Waals surface area contributed by atoms with Crippen molar-refractivity contribution < 1.29 is 9.53 Å². The fourth-order valence-corrected chi connectivity index (χ4v) is 5.70. The monoisotopic (exact) mass is 405 g/mol. The van der Waals surface area contributed by atoms with E-state index in [0.29, 0.717) is 15.8 Å². The van der Waals surface area contributed by atoms with E-state index in [9.17, 15) is 4.79 Å². The zero-order chi connectivity index (χ0) is 18.4. The highest BCUT2D eigenvalue weighted by molar-refractivity contribution is 7.99. The van der Waals surface area contributed by atoms with Crippen LogP contribution >= 0.6 is 35.0 Å². The van der Waals surface area contributed by atoms with Gasteiger partial charge >= 0.3 is 5.97 Å². The Balaban J connectivity index is 2.01. The number of para-hydroxylation sites is 1. The fraction of sp³-hybridized carbons (Fsp3) is 0.250. The number of ether oxygens (including phenoxy) is 1. The number of fused-ring (bicyclic) bond motifs is 3. The largest absolute Gasteiger partial charge is 0.469 e. The zero-order valence-electron chi connectivity index (χ0n) is 14.3. The van der Waals surface area contributed by atoms with Crippen LogP contribution in [0.1, 0.15) is 17.0 Å². The van der Waals surface area contributed by atoms with Crippen LogP contribution in [0.2, 0.25) is 10.0 Å². The highest BCUT2D eigenvalue weighted by Gasteiger charge is 2.40. The number of rotatable bonds is 2. The Kier molecular flexibility index (Phi) is 4.68. The standard InChI is InChI=1S/C20H17Cl2NO2S/c1-23-16-6-4-3-5-13(16)18-17(12-8-7-11(21)9-15(12)22)14(20(24)25-2)10-26-19(18)23/h3-9,14,17H,10H2,1-2H3/t14-,17+/m0/s1. The number of hydrogen-bond donors (Lipinski definition) is 0. The summed E-state index contributed by atoms with van der Waals surface area (Å²) in [7, 11) is 3.50. The molecule has 1 aliphatic rings. The summed E-state index contributed by atoms with van der Waals surface area (Å²) in [6.07, 6.45) is 0. The van der Waals surface area contributed by atoms with E-state index in [2.05, 4.69) is 23.7 Å². The lowest BCUT2D eigenvalue weighted by molar-refractivity contribution is -0.145. The molecule has 134 valence electrons. The zero-order valence-corrected chi connectivity index (χ0v) is 16.7. The third kappa shape index (κ3) is 2.72. The van der Waals surface area contributed by atoms with Gasteiger partial charge in [-0.1, -0.05) is 47.5 Å². The molecule has 0 spiro atoms. The van der Waals surface area contributed by atoms with Crippen LogP contribution in [-0.4, -0.2) is 23.4 Å². The van der Waals surface area contributed by atoms with Crippen molar-refractivity contribution >= 4 is 51.8 Å². The molecular weight excluding hydrogens is 389 g/mol. The van der Waals surface area contributed by atoms with Crippen LogP contribution in [0, 0.1) is 5.92 Å². The number of carbonyl (C=O) groups is 1. The molecule has 0 aliphatic carbocycles. The average molecular weight is 406 g/mol. The van der Waals surface area contributed by atoms with Crippen LogP contribution in [0.15, 0.2) is 47.5 Å². The van der Waals surface area contributed by atoms with Gasteiger partial charge in [0.2, 0.25) is 0 Å². The average Bonchev–Trinajstić information content (AvgIpc) is 2.94. The Morgan fingerprint density at radius 3 is 2.73 bits per heavy atom. The Hall–Kier alpha value is -1.62. The minimum Gasteiger partial charge on any atom is -0.469 e. The van der Waals surface area contributed by atoms with E-state index in [1.54, 1.807) is 17.8 Å². The van der Waals surface area contributed by atoms with Crippen molar-refractivity contribution in [3.8, 4) is 0 Å². The highest BCUT2D eigenvalue weighted by Crippen LogP contribution is 2.50. The summed E-state index contributed by atoms with van der Waals surface area (Å²) in [4.78, 5) is 12.6. The first kappa shape index (κ1) is 17.8. The number of hydrogen-bond acceptors (Lipinski definition) is 3. The summed E-state index contributed by atoms with van der Waals surface area (Å²) in [6, 6.07) is 13.7. The first-order valence-corrected chi connectivity index (χ1v) is 10.00. The van der Waals surface area contributed by atoms with E-state index >= 15 is 0 Å². The number of carbonyl (C=O) groups excluding carboxylic acids is 1. The molecular formula is C20H17Cl2NO2S. The van der Waals surface area contributed by atoms with Crippen molar-refractivity contribution in [2.24, 2.45) is 13.0 Å². The van der Waals surface area contributed by atoms with Gasteiger partial charge in [-0.25, -0.2) is 0 Å². The second kappa shape index (κ2) is 6.84. The van der Waals surface area contributed by atoms with E-state index < -0.39 is 0 Å². The van der Waals surface area contributed by atoms with Gasteiger partial charge in [0, 0.05) is 45.2 Å². The predicted octanol–water partition coefficient (Wildman–Crippen LogP) is 5.51. The molecule has 0 saturated heterocycles. The molecule has 0 unspecified atom stereocenters. The van der Waals surface area contributed by atoms with Gasteiger partial charge in [0.05, 0.1) is 18.1 Å². The van der Waals surface area contributed by atoms with Crippen molar-refractivity contribution in [3.05, 3.63) is 63.6 Å². The van der Waals surface area contributed by atoms with Crippen LogP contribution in [0.5, 0.6) is 0 Å². The topological polar surface area (TPSA) is 31.2 Å². The van der Waals surface area contributed by atoms with Crippen LogP contribution in [0.25, 0.3) is 10.9 Å². The molecule has 26 heavy (non-hydrogen) atoms. The molecule has 2 aromatic carbocycles. The summed E-state index contributed by atoms with van der Waals surface area (Å²) >= 11 is 14.3. The number of methoxy groups -OCH3 is 1. The predicted molar refractivity (Wildman–Crippen MR) is 107 cm³/mol. The molecule has 1 aromatic heterocycles. The molecule has 2 atom stereocenters. The molecule has 0 fully saturated rings. The fourth-order valence-electron chi connectivity index (χ4n) is 3.82. The van der Waals surface area contributed by atoms with Crippen LogP contribution in [-0.2, 0) is 16.6 Å². The quantitative estimate of drug-likeness (QED) is 0.526. The smallest absolute Gasteiger partial charge is 0.310 e. The van der Waals surface area contributed by atoms with E-state index in [-0.39, 0.29) is 17.8 Å². The lowest BCUT2D eigenvalue weighted by Gasteiger charge is -2.31. The molecule has 0 bridgehead atoms. The second-order valence-electron chi connectivity index (χ2n) is 6.38. The summed E-state index contributed by atoms with van der Waals surface area (Å²) in [6.45, 7) is 0. The molecule has 0 saturated carbocycles. The van der Waals surface area contributed by atoms with Crippen molar-refractivity contribution in [3.63, 3.8) is 0 Å². The van der Waals surface area contributed by atoms with Gasteiger partial charge in [0.1, 0.15) is 0 Å². The molecule has 2 heterocycles. The van der Waals surface area contributed by atoms with Crippen LogP contribution in [0.4, 0.5) is 0 Å². The van der Waals surface area contributed by atoms with E-state index in [0.717, 1.165) is 22.0 Å². The lowest BCUT2D eigenvalue weighted by atomic mass is 9.81. The van der Waals surface area contributed by atoms with Gasteiger partial charge in [-0.3, -0.25) is 4.79 Å². The Bertz CT molecular complexity index is 1010. The van der Waals surface area contributed by atoms with Crippen molar-refractivity contribution in [1.29, 1.82) is 0 Å². The van der Waals surface area contributed by atoms with Gasteiger partial charge in [-0.15, -0.1) is 11.8 Å². The van der Waals surface area contributed by atoms with Gasteiger partial charge in [0.15, 0.2) is 0 Å².